The smallest absolute Gasteiger partial charge is 0.133 e. The van der Waals surface area contributed by atoms with Gasteiger partial charge in [0.25, 0.3) is 0 Å². The molecular formula is C14H16O. The Hall–Kier alpha value is -1.37. The van der Waals surface area contributed by atoms with E-state index in [1.165, 1.54) is 11.1 Å². The van der Waals surface area contributed by atoms with Crippen LogP contribution in [-0.4, -0.2) is 5.78 Å². The number of rotatable bonds is 2. The second kappa shape index (κ2) is 4.43. The molecule has 0 N–H and O–H groups in total. The number of hydrogen-bond acceptors (Lipinski definition) is 1. The Morgan fingerprint density at radius 2 is 2.00 bits per heavy atom. The highest BCUT2D eigenvalue weighted by molar-refractivity contribution is 5.81. The van der Waals surface area contributed by atoms with E-state index in [0.717, 1.165) is 19.3 Å². The first kappa shape index (κ1) is 10.2. The molecule has 1 heteroatoms. The molecule has 0 radical (unpaired) electrons. The molecule has 1 atom stereocenters. The third-order valence-electron chi connectivity index (χ3n) is 2.92. The number of carbonyl (C=O) groups is 1. The predicted octanol–water partition coefficient (Wildman–Crippen LogP) is 3.38. The maximum absolute atomic E-state index is 11.1. The van der Waals surface area contributed by atoms with Gasteiger partial charge in [0.15, 0.2) is 0 Å². The fraction of sp³-hybridized carbons (Fsp3) is 0.357. The lowest BCUT2D eigenvalue weighted by atomic mass is 10.1. The second-order valence-electron chi connectivity index (χ2n) is 4.31. The molecule has 15 heavy (non-hydrogen) atoms. The molecule has 78 valence electrons. The zero-order valence-electron chi connectivity index (χ0n) is 9.07. The first-order valence-corrected chi connectivity index (χ1v) is 5.50. The van der Waals surface area contributed by atoms with Gasteiger partial charge < -0.3 is 0 Å². The van der Waals surface area contributed by atoms with E-state index in [2.05, 4.69) is 43.3 Å². The van der Waals surface area contributed by atoms with Crippen molar-refractivity contribution in [1.82, 2.24) is 0 Å². The van der Waals surface area contributed by atoms with E-state index in [1.54, 1.807) is 0 Å². The standard InChI is InChI=1S/C14H16O/c1-11-2-4-12(5-3-11)6-7-13-8-9-14(15)10-13/h2-7,13H,8-10H2,1H3/b7-6+. The third kappa shape index (κ3) is 2.79. The van der Waals surface area contributed by atoms with Gasteiger partial charge in [-0.3, -0.25) is 4.79 Å². The average molecular weight is 200 g/mol. The summed E-state index contributed by atoms with van der Waals surface area (Å²) in [5.41, 5.74) is 2.50. The monoisotopic (exact) mass is 200 g/mol. The lowest BCUT2D eigenvalue weighted by Gasteiger charge is -1.99. The number of Topliss-reactive ketones (excluding diaryl/α,β-unsaturated/α-hetero) is 1. The van der Waals surface area contributed by atoms with Crippen LogP contribution in [0.3, 0.4) is 0 Å². The number of aryl methyl sites for hydroxylation is 1. The van der Waals surface area contributed by atoms with Crippen molar-refractivity contribution in [3.8, 4) is 0 Å². The highest BCUT2D eigenvalue weighted by Gasteiger charge is 2.18. The van der Waals surface area contributed by atoms with Gasteiger partial charge in [-0.05, 0) is 24.8 Å². The van der Waals surface area contributed by atoms with Crippen molar-refractivity contribution >= 4 is 11.9 Å². The maximum Gasteiger partial charge on any atom is 0.133 e. The third-order valence-corrected chi connectivity index (χ3v) is 2.92. The molecule has 0 heterocycles. The van der Waals surface area contributed by atoms with Crippen molar-refractivity contribution in [1.29, 1.82) is 0 Å². The van der Waals surface area contributed by atoms with E-state index < -0.39 is 0 Å². The fourth-order valence-electron chi connectivity index (χ4n) is 1.93. The lowest BCUT2D eigenvalue weighted by molar-refractivity contribution is -0.117. The second-order valence-corrected chi connectivity index (χ2v) is 4.31. The van der Waals surface area contributed by atoms with Crippen molar-refractivity contribution in [2.24, 2.45) is 5.92 Å². The van der Waals surface area contributed by atoms with Crippen LogP contribution in [0.15, 0.2) is 30.3 Å². The molecule has 1 aliphatic carbocycles. The van der Waals surface area contributed by atoms with Gasteiger partial charge in [-0.1, -0.05) is 42.0 Å². The summed E-state index contributed by atoms with van der Waals surface area (Å²) in [6.45, 7) is 2.09. The topological polar surface area (TPSA) is 17.1 Å². The molecule has 1 nitrogen and oxygen atoms in total. The average Bonchev–Trinajstić information content (AvgIpc) is 2.64. The molecule has 0 aromatic heterocycles. The number of allylic oxidation sites excluding steroid dienone is 1. The minimum Gasteiger partial charge on any atom is -0.300 e. The van der Waals surface area contributed by atoms with E-state index in [1.807, 2.05) is 0 Å². The molecule has 1 aromatic rings. The summed E-state index contributed by atoms with van der Waals surface area (Å²) >= 11 is 0. The molecular weight excluding hydrogens is 184 g/mol. The molecule has 1 aromatic carbocycles. The van der Waals surface area contributed by atoms with Crippen LogP contribution in [0.1, 0.15) is 30.4 Å². The zero-order chi connectivity index (χ0) is 10.7. The molecule has 1 unspecified atom stereocenters. The molecule has 1 fully saturated rings. The summed E-state index contributed by atoms with van der Waals surface area (Å²) in [5, 5.41) is 0. The van der Waals surface area contributed by atoms with Crippen LogP contribution >= 0.6 is 0 Å². The van der Waals surface area contributed by atoms with Gasteiger partial charge in [-0.2, -0.15) is 0 Å². The van der Waals surface area contributed by atoms with Crippen LogP contribution in [0.2, 0.25) is 0 Å². The molecule has 0 bridgehead atoms. The molecule has 0 spiro atoms. The first-order chi connectivity index (χ1) is 7.24. The van der Waals surface area contributed by atoms with Crippen LogP contribution in [0.4, 0.5) is 0 Å². The quantitative estimate of drug-likeness (QED) is 0.715. The minimum atomic E-state index is 0.411. The normalized spacial score (nSPS) is 21.4. The summed E-state index contributed by atoms with van der Waals surface area (Å²) in [6, 6.07) is 8.45. The molecule has 0 aliphatic heterocycles. The van der Waals surface area contributed by atoms with E-state index in [-0.39, 0.29) is 0 Å². The van der Waals surface area contributed by atoms with Gasteiger partial charge in [-0.15, -0.1) is 0 Å². The highest BCUT2D eigenvalue weighted by Crippen LogP contribution is 2.23. The first-order valence-electron chi connectivity index (χ1n) is 5.50. The Kier molecular flexibility index (Phi) is 3.00. The molecule has 1 saturated carbocycles. The Morgan fingerprint density at radius 3 is 2.60 bits per heavy atom. The van der Waals surface area contributed by atoms with E-state index >= 15 is 0 Å². The minimum absolute atomic E-state index is 0.411. The Balaban J connectivity index is 1.99. The summed E-state index contributed by atoms with van der Waals surface area (Å²) in [4.78, 5) is 11.1. The molecule has 0 saturated heterocycles. The summed E-state index contributed by atoms with van der Waals surface area (Å²) in [6.07, 6.45) is 6.84. The summed E-state index contributed by atoms with van der Waals surface area (Å²) < 4.78 is 0. The van der Waals surface area contributed by atoms with Crippen molar-refractivity contribution in [2.45, 2.75) is 26.2 Å². The Labute approximate surface area is 90.8 Å². The van der Waals surface area contributed by atoms with Gasteiger partial charge >= 0.3 is 0 Å². The predicted molar refractivity (Wildman–Crippen MR) is 62.6 cm³/mol. The Bertz CT molecular complexity index is 373. The maximum atomic E-state index is 11.1. The SMILES string of the molecule is Cc1ccc(/C=C/C2CCC(=O)C2)cc1. The van der Waals surface area contributed by atoms with Crippen LogP contribution in [0, 0.1) is 12.8 Å². The number of benzene rings is 1. The summed E-state index contributed by atoms with van der Waals surface area (Å²) in [5.74, 6) is 0.882. The van der Waals surface area contributed by atoms with Crippen molar-refractivity contribution in [3.05, 3.63) is 41.5 Å². The van der Waals surface area contributed by atoms with Crippen LogP contribution in [0.5, 0.6) is 0 Å². The lowest BCUT2D eigenvalue weighted by Crippen LogP contribution is -1.89. The number of hydrogen-bond donors (Lipinski definition) is 0. The summed E-state index contributed by atoms with van der Waals surface area (Å²) in [7, 11) is 0. The van der Waals surface area contributed by atoms with Crippen LogP contribution in [-0.2, 0) is 4.79 Å². The highest BCUT2D eigenvalue weighted by atomic mass is 16.1. The van der Waals surface area contributed by atoms with E-state index in [4.69, 9.17) is 0 Å². The fourth-order valence-corrected chi connectivity index (χ4v) is 1.93. The van der Waals surface area contributed by atoms with E-state index in [9.17, 15) is 4.79 Å². The van der Waals surface area contributed by atoms with Crippen molar-refractivity contribution < 1.29 is 4.79 Å². The van der Waals surface area contributed by atoms with Crippen LogP contribution in [0.25, 0.3) is 6.08 Å². The number of carbonyl (C=O) groups excluding carboxylic acids is 1. The van der Waals surface area contributed by atoms with E-state index in [0.29, 0.717) is 11.7 Å². The molecule has 0 amide bonds. The molecule has 1 aliphatic rings. The van der Waals surface area contributed by atoms with Gasteiger partial charge in [0.2, 0.25) is 0 Å². The van der Waals surface area contributed by atoms with Gasteiger partial charge in [-0.25, -0.2) is 0 Å². The number of ketones is 1. The zero-order valence-corrected chi connectivity index (χ0v) is 9.07. The largest absolute Gasteiger partial charge is 0.300 e. The van der Waals surface area contributed by atoms with Gasteiger partial charge in [0, 0.05) is 12.8 Å². The van der Waals surface area contributed by atoms with Crippen molar-refractivity contribution in [2.75, 3.05) is 0 Å². The van der Waals surface area contributed by atoms with Gasteiger partial charge in [0.1, 0.15) is 5.78 Å². The van der Waals surface area contributed by atoms with Crippen LogP contribution < -0.4 is 0 Å². The molecule has 2 rings (SSSR count). The van der Waals surface area contributed by atoms with Gasteiger partial charge in [0.05, 0.1) is 0 Å². The Morgan fingerprint density at radius 1 is 1.27 bits per heavy atom. The van der Waals surface area contributed by atoms with Crippen molar-refractivity contribution in [3.63, 3.8) is 0 Å².